The number of urea groups is 1. The number of halogens is 2. The highest BCUT2D eigenvalue weighted by molar-refractivity contribution is 6.39. The van der Waals surface area contributed by atoms with Crippen molar-refractivity contribution in [1.82, 2.24) is 5.32 Å². The van der Waals surface area contributed by atoms with Gasteiger partial charge in [-0.25, -0.2) is 9.69 Å². The highest BCUT2D eigenvalue weighted by Crippen LogP contribution is 2.38. The summed E-state index contributed by atoms with van der Waals surface area (Å²) in [6, 6.07) is 13.9. The lowest BCUT2D eigenvalue weighted by atomic mass is 10.1. The number of carbonyl (C=O) groups excluding carboxylic acids is 3. The lowest BCUT2D eigenvalue weighted by Crippen LogP contribution is -2.54. The molecule has 1 heterocycles. The van der Waals surface area contributed by atoms with E-state index in [2.05, 4.69) is 5.32 Å². The van der Waals surface area contributed by atoms with Crippen LogP contribution in [0.3, 0.4) is 0 Å². The van der Waals surface area contributed by atoms with Gasteiger partial charge in [-0.15, -0.1) is 0 Å². The minimum atomic E-state index is -0.981. The first-order valence-corrected chi connectivity index (χ1v) is 11.9. The summed E-state index contributed by atoms with van der Waals surface area (Å²) >= 11 is 12.4. The van der Waals surface area contributed by atoms with Gasteiger partial charge in [0.15, 0.2) is 11.5 Å². The van der Waals surface area contributed by atoms with Crippen LogP contribution in [0.4, 0.5) is 16.2 Å². The summed E-state index contributed by atoms with van der Waals surface area (Å²) in [6.45, 7) is 2.24. The number of nitro benzene ring substituents is 1. The van der Waals surface area contributed by atoms with Crippen molar-refractivity contribution in [3.63, 3.8) is 0 Å². The monoisotopic (exact) mass is 555 g/mol. The fourth-order valence-electron chi connectivity index (χ4n) is 3.59. The zero-order valence-electron chi connectivity index (χ0n) is 19.8. The summed E-state index contributed by atoms with van der Waals surface area (Å²) in [4.78, 5) is 49.2. The van der Waals surface area contributed by atoms with Gasteiger partial charge >= 0.3 is 6.03 Å². The molecule has 1 aliphatic heterocycles. The SMILES string of the molecule is CCOc1cc(/C=C2\C(=O)NC(=O)N(c3ccc([N+](=O)[O-])cc3)C2=O)cc(Cl)c1OCc1ccc(Cl)cc1. The van der Waals surface area contributed by atoms with Crippen molar-refractivity contribution in [1.29, 1.82) is 0 Å². The van der Waals surface area contributed by atoms with E-state index in [1.807, 2.05) is 0 Å². The minimum absolute atomic E-state index is 0.0514. The predicted molar refractivity (Wildman–Crippen MR) is 141 cm³/mol. The molecule has 0 atom stereocenters. The summed E-state index contributed by atoms with van der Waals surface area (Å²) < 4.78 is 11.6. The molecule has 38 heavy (non-hydrogen) atoms. The molecule has 0 saturated carbocycles. The van der Waals surface area contributed by atoms with E-state index >= 15 is 0 Å². The fourth-order valence-corrected chi connectivity index (χ4v) is 3.99. The Kier molecular flexibility index (Phi) is 7.94. The van der Waals surface area contributed by atoms with Gasteiger partial charge in [-0.05, 0) is 60.5 Å². The van der Waals surface area contributed by atoms with Crippen molar-refractivity contribution in [2.24, 2.45) is 0 Å². The van der Waals surface area contributed by atoms with Crippen molar-refractivity contribution in [2.45, 2.75) is 13.5 Å². The van der Waals surface area contributed by atoms with Crippen LogP contribution in [0.2, 0.25) is 10.0 Å². The Morgan fingerprint density at radius 3 is 2.32 bits per heavy atom. The number of amides is 4. The molecule has 0 unspecified atom stereocenters. The molecule has 0 aliphatic carbocycles. The molecule has 0 spiro atoms. The van der Waals surface area contributed by atoms with Gasteiger partial charge in [0.2, 0.25) is 0 Å². The van der Waals surface area contributed by atoms with Crippen LogP contribution in [-0.2, 0) is 16.2 Å². The molecular formula is C26H19Cl2N3O7. The first-order valence-electron chi connectivity index (χ1n) is 11.2. The van der Waals surface area contributed by atoms with Crippen LogP contribution in [0.25, 0.3) is 6.08 Å². The van der Waals surface area contributed by atoms with Crippen LogP contribution < -0.4 is 19.7 Å². The number of imide groups is 2. The Hall–Kier alpha value is -4.41. The summed E-state index contributed by atoms with van der Waals surface area (Å²) in [5, 5.41) is 13.8. The van der Waals surface area contributed by atoms with Gasteiger partial charge in [-0.1, -0.05) is 35.3 Å². The summed E-state index contributed by atoms with van der Waals surface area (Å²) in [5.74, 6) is -1.26. The van der Waals surface area contributed by atoms with Crippen LogP contribution in [0.15, 0.2) is 66.2 Å². The van der Waals surface area contributed by atoms with Gasteiger partial charge in [-0.3, -0.25) is 25.0 Å². The minimum Gasteiger partial charge on any atom is -0.490 e. The molecule has 1 aliphatic rings. The first kappa shape index (κ1) is 26.6. The molecule has 1 fully saturated rings. The number of hydrogen-bond donors (Lipinski definition) is 1. The maximum atomic E-state index is 13.2. The van der Waals surface area contributed by atoms with Crippen molar-refractivity contribution in [3.8, 4) is 11.5 Å². The fraction of sp³-hybridized carbons (Fsp3) is 0.115. The second-order valence-corrected chi connectivity index (χ2v) is 8.75. The van der Waals surface area contributed by atoms with Crippen LogP contribution in [0.1, 0.15) is 18.1 Å². The number of barbiturate groups is 1. The molecule has 1 N–H and O–H groups in total. The number of rotatable bonds is 8. The molecular weight excluding hydrogens is 537 g/mol. The third kappa shape index (κ3) is 5.77. The quantitative estimate of drug-likeness (QED) is 0.167. The average Bonchev–Trinajstić information content (AvgIpc) is 2.87. The molecule has 4 rings (SSSR count). The van der Waals surface area contributed by atoms with Crippen molar-refractivity contribution in [3.05, 3.63) is 97.5 Å². The zero-order valence-corrected chi connectivity index (χ0v) is 21.3. The highest BCUT2D eigenvalue weighted by Gasteiger charge is 2.37. The van der Waals surface area contributed by atoms with Gasteiger partial charge in [0.25, 0.3) is 17.5 Å². The third-order valence-electron chi connectivity index (χ3n) is 5.36. The number of nitrogens with one attached hydrogen (secondary N) is 1. The lowest BCUT2D eigenvalue weighted by Gasteiger charge is -2.26. The maximum absolute atomic E-state index is 13.2. The Labute approximate surface area is 226 Å². The smallest absolute Gasteiger partial charge is 0.335 e. The molecule has 3 aromatic rings. The first-order chi connectivity index (χ1) is 18.2. The summed E-state index contributed by atoms with van der Waals surface area (Å²) in [5.41, 5.74) is 0.669. The number of anilines is 1. The summed E-state index contributed by atoms with van der Waals surface area (Å²) in [6.07, 6.45) is 1.26. The van der Waals surface area contributed by atoms with Gasteiger partial charge in [0, 0.05) is 17.2 Å². The second kappa shape index (κ2) is 11.3. The van der Waals surface area contributed by atoms with Gasteiger partial charge < -0.3 is 9.47 Å². The van der Waals surface area contributed by atoms with E-state index in [1.165, 1.54) is 24.3 Å². The number of nitro groups is 1. The molecule has 4 amide bonds. The number of non-ortho nitro benzene ring substituents is 1. The number of benzene rings is 3. The molecule has 1 saturated heterocycles. The van der Waals surface area contributed by atoms with E-state index in [1.54, 1.807) is 37.3 Å². The highest BCUT2D eigenvalue weighted by atomic mass is 35.5. The van der Waals surface area contributed by atoms with Gasteiger partial charge in [-0.2, -0.15) is 0 Å². The number of nitrogens with zero attached hydrogens (tertiary/aromatic N) is 2. The van der Waals surface area contributed by atoms with E-state index < -0.39 is 22.8 Å². The van der Waals surface area contributed by atoms with Crippen molar-refractivity contribution >= 4 is 58.5 Å². The van der Waals surface area contributed by atoms with Crippen LogP contribution >= 0.6 is 23.2 Å². The normalized spacial score (nSPS) is 14.4. The largest absolute Gasteiger partial charge is 0.490 e. The van der Waals surface area contributed by atoms with E-state index in [4.69, 9.17) is 32.7 Å². The Morgan fingerprint density at radius 1 is 1.00 bits per heavy atom. The zero-order chi connectivity index (χ0) is 27.4. The Balaban J connectivity index is 1.64. The molecule has 0 radical (unpaired) electrons. The topological polar surface area (TPSA) is 128 Å². The maximum Gasteiger partial charge on any atom is 0.335 e. The third-order valence-corrected chi connectivity index (χ3v) is 5.89. The van der Waals surface area contributed by atoms with Crippen LogP contribution in [0.5, 0.6) is 11.5 Å². The van der Waals surface area contributed by atoms with Crippen LogP contribution in [0, 0.1) is 10.1 Å². The van der Waals surface area contributed by atoms with E-state index in [-0.39, 0.29) is 46.7 Å². The second-order valence-electron chi connectivity index (χ2n) is 7.91. The van der Waals surface area contributed by atoms with Gasteiger partial charge in [0.1, 0.15) is 12.2 Å². The molecule has 3 aromatic carbocycles. The molecule has 0 bridgehead atoms. The summed E-state index contributed by atoms with van der Waals surface area (Å²) in [7, 11) is 0. The van der Waals surface area contributed by atoms with Crippen molar-refractivity contribution in [2.75, 3.05) is 11.5 Å². The molecule has 0 aromatic heterocycles. The van der Waals surface area contributed by atoms with Crippen LogP contribution in [-0.4, -0.2) is 29.4 Å². The predicted octanol–water partition coefficient (Wildman–Crippen LogP) is 5.55. The van der Waals surface area contributed by atoms with E-state index in [9.17, 15) is 24.5 Å². The molecule has 10 nitrogen and oxygen atoms in total. The standard InChI is InChI=1S/C26H19Cl2N3O7/c1-2-37-22-13-16(12-21(28)23(22)38-14-15-3-5-17(27)6-4-15)11-20-24(32)29-26(34)30(25(20)33)18-7-9-19(10-8-18)31(35)36/h3-13H,2,14H2,1H3,(H,29,32,34)/b20-11+. The van der Waals surface area contributed by atoms with E-state index in [0.717, 1.165) is 17.7 Å². The van der Waals surface area contributed by atoms with Crippen molar-refractivity contribution < 1.29 is 28.8 Å². The lowest BCUT2D eigenvalue weighted by molar-refractivity contribution is -0.384. The Bertz CT molecular complexity index is 1450. The Morgan fingerprint density at radius 2 is 1.68 bits per heavy atom. The average molecular weight is 556 g/mol. The number of hydrogen-bond acceptors (Lipinski definition) is 7. The number of carbonyl (C=O) groups is 3. The van der Waals surface area contributed by atoms with Gasteiger partial charge in [0.05, 0.1) is 22.2 Å². The number of ether oxygens (including phenoxy) is 2. The molecule has 194 valence electrons. The van der Waals surface area contributed by atoms with E-state index in [0.29, 0.717) is 15.5 Å². The molecule has 12 heteroatoms.